The number of alkyl halides is 6. The number of benzene rings is 2. The predicted octanol–water partition coefficient (Wildman–Crippen LogP) is 4.62. The third kappa shape index (κ3) is 6.99. The number of likely N-dealkylation sites (N-methyl/N-ethyl adjacent to an activating group) is 1. The van der Waals surface area contributed by atoms with E-state index in [1.807, 2.05) is 0 Å². The van der Waals surface area contributed by atoms with E-state index in [-0.39, 0.29) is 6.54 Å². The van der Waals surface area contributed by atoms with E-state index in [9.17, 15) is 35.9 Å². The van der Waals surface area contributed by atoms with Crippen LogP contribution in [0.5, 0.6) is 0 Å². The molecule has 2 N–H and O–H groups in total. The van der Waals surface area contributed by atoms with E-state index < -0.39 is 59.8 Å². The van der Waals surface area contributed by atoms with Gasteiger partial charge in [0.2, 0.25) is 11.8 Å². The van der Waals surface area contributed by atoms with E-state index in [1.54, 1.807) is 6.92 Å². The van der Waals surface area contributed by atoms with Crippen molar-refractivity contribution in [3.8, 4) is 0 Å². The van der Waals surface area contributed by atoms with Crippen LogP contribution in [-0.2, 0) is 21.9 Å². The molecule has 0 saturated carbocycles. The molecule has 2 aromatic carbocycles. The fourth-order valence-electron chi connectivity index (χ4n) is 2.74. The Morgan fingerprint density at radius 1 is 0.742 bits per heavy atom. The highest BCUT2D eigenvalue weighted by Gasteiger charge is 2.34. The second-order valence-electron chi connectivity index (χ2n) is 6.49. The number of hydrogen-bond donors (Lipinski definition) is 2. The number of hydrogen-bond acceptors (Lipinski definition) is 3. The lowest BCUT2D eigenvalue weighted by Crippen LogP contribution is -2.39. The molecule has 11 heteroatoms. The SMILES string of the molecule is CCN(CC(=O)Nc1ccccc1C(F)(F)F)CC(=O)Nc1ccccc1C(F)(F)F. The van der Waals surface area contributed by atoms with Crippen LogP contribution in [-0.4, -0.2) is 36.3 Å². The summed E-state index contributed by atoms with van der Waals surface area (Å²) in [5.41, 5.74) is -2.90. The van der Waals surface area contributed by atoms with Crippen molar-refractivity contribution in [2.45, 2.75) is 19.3 Å². The van der Waals surface area contributed by atoms with Crippen molar-refractivity contribution in [1.29, 1.82) is 0 Å². The van der Waals surface area contributed by atoms with Gasteiger partial charge in [-0.05, 0) is 30.8 Å². The highest BCUT2D eigenvalue weighted by Crippen LogP contribution is 2.35. The van der Waals surface area contributed by atoms with Gasteiger partial charge in [0.15, 0.2) is 0 Å². The highest BCUT2D eigenvalue weighted by atomic mass is 19.4. The molecule has 0 saturated heterocycles. The van der Waals surface area contributed by atoms with Crippen molar-refractivity contribution in [1.82, 2.24) is 4.90 Å². The summed E-state index contributed by atoms with van der Waals surface area (Å²) in [5.74, 6) is -1.61. The van der Waals surface area contributed by atoms with E-state index in [0.717, 1.165) is 24.3 Å². The van der Waals surface area contributed by atoms with Crippen LogP contribution in [0, 0.1) is 0 Å². The van der Waals surface area contributed by atoms with E-state index in [4.69, 9.17) is 0 Å². The average Bonchev–Trinajstić information content (AvgIpc) is 2.66. The molecule has 0 aliphatic rings. The van der Waals surface area contributed by atoms with Crippen LogP contribution in [0.3, 0.4) is 0 Å². The molecule has 2 aromatic rings. The van der Waals surface area contributed by atoms with Crippen LogP contribution in [0.1, 0.15) is 18.1 Å². The summed E-state index contributed by atoms with van der Waals surface area (Å²) in [6.07, 6.45) is -9.33. The largest absolute Gasteiger partial charge is 0.418 e. The van der Waals surface area contributed by atoms with E-state index in [1.165, 1.54) is 29.2 Å². The molecule has 0 aliphatic carbocycles. The first-order chi connectivity index (χ1) is 14.4. The summed E-state index contributed by atoms with van der Waals surface area (Å²) in [4.78, 5) is 25.6. The zero-order valence-corrected chi connectivity index (χ0v) is 16.3. The van der Waals surface area contributed by atoms with Crippen LogP contribution >= 0.6 is 0 Å². The van der Waals surface area contributed by atoms with Crippen LogP contribution in [0.4, 0.5) is 37.7 Å². The molecule has 0 aromatic heterocycles. The molecule has 0 atom stereocenters. The average molecular weight is 447 g/mol. The summed E-state index contributed by atoms with van der Waals surface area (Å²) >= 11 is 0. The molecular formula is C20H19F6N3O2. The molecular weight excluding hydrogens is 428 g/mol. The molecule has 31 heavy (non-hydrogen) atoms. The van der Waals surface area contributed by atoms with E-state index >= 15 is 0 Å². The molecule has 2 amide bonds. The van der Waals surface area contributed by atoms with Gasteiger partial charge in [0.25, 0.3) is 0 Å². The Labute approximate surface area is 174 Å². The topological polar surface area (TPSA) is 61.4 Å². The van der Waals surface area contributed by atoms with Gasteiger partial charge in [-0.15, -0.1) is 0 Å². The molecule has 0 fully saturated rings. The summed E-state index contributed by atoms with van der Waals surface area (Å²) in [6, 6.07) is 8.84. The van der Waals surface area contributed by atoms with Gasteiger partial charge in [-0.2, -0.15) is 26.3 Å². The zero-order chi connectivity index (χ0) is 23.2. The second-order valence-corrected chi connectivity index (χ2v) is 6.49. The fourth-order valence-corrected chi connectivity index (χ4v) is 2.74. The van der Waals surface area contributed by atoms with E-state index in [2.05, 4.69) is 10.6 Å². The quantitative estimate of drug-likeness (QED) is 0.609. The van der Waals surface area contributed by atoms with Gasteiger partial charge in [0, 0.05) is 0 Å². The number of carbonyl (C=O) groups excluding carboxylic acids is 2. The first kappa shape index (κ1) is 24.2. The summed E-state index contributed by atoms with van der Waals surface area (Å²) in [7, 11) is 0. The van der Waals surface area contributed by atoms with Gasteiger partial charge in [0.1, 0.15) is 0 Å². The minimum Gasteiger partial charge on any atom is -0.324 e. The normalized spacial score (nSPS) is 12.0. The lowest BCUT2D eigenvalue weighted by molar-refractivity contribution is -0.137. The van der Waals surface area contributed by atoms with Crippen molar-refractivity contribution in [3.05, 3.63) is 59.7 Å². The van der Waals surface area contributed by atoms with Gasteiger partial charge in [-0.25, -0.2) is 0 Å². The first-order valence-corrected chi connectivity index (χ1v) is 9.06. The maximum atomic E-state index is 13.0. The van der Waals surface area contributed by atoms with Crippen LogP contribution in [0.25, 0.3) is 0 Å². The number of rotatable bonds is 7. The summed E-state index contributed by atoms with van der Waals surface area (Å²) < 4.78 is 78.2. The molecule has 0 unspecified atom stereocenters. The summed E-state index contributed by atoms with van der Waals surface area (Å²) in [5, 5.41) is 4.31. The Kier molecular flexibility index (Phi) is 7.66. The first-order valence-electron chi connectivity index (χ1n) is 9.06. The van der Waals surface area contributed by atoms with Gasteiger partial charge >= 0.3 is 12.4 Å². The Morgan fingerprint density at radius 2 is 1.10 bits per heavy atom. The maximum absolute atomic E-state index is 13.0. The number of para-hydroxylation sites is 2. The van der Waals surface area contributed by atoms with Crippen molar-refractivity contribution in [2.24, 2.45) is 0 Å². The van der Waals surface area contributed by atoms with Crippen LogP contribution in [0.15, 0.2) is 48.5 Å². The fraction of sp³-hybridized carbons (Fsp3) is 0.300. The van der Waals surface area contributed by atoms with Crippen LogP contribution < -0.4 is 10.6 Å². The zero-order valence-electron chi connectivity index (χ0n) is 16.3. The van der Waals surface area contributed by atoms with Crippen molar-refractivity contribution in [3.63, 3.8) is 0 Å². The van der Waals surface area contributed by atoms with Gasteiger partial charge in [-0.3, -0.25) is 14.5 Å². The number of amides is 2. The highest BCUT2D eigenvalue weighted by molar-refractivity contribution is 5.95. The smallest absolute Gasteiger partial charge is 0.324 e. The number of nitrogens with zero attached hydrogens (tertiary/aromatic N) is 1. The van der Waals surface area contributed by atoms with Crippen molar-refractivity contribution in [2.75, 3.05) is 30.3 Å². The van der Waals surface area contributed by atoms with Crippen LogP contribution in [0.2, 0.25) is 0 Å². The molecule has 0 bridgehead atoms. The Balaban J connectivity index is 2.02. The monoisotopic (exact) mass is 447 g/mol. The molecule has 0 radical (unpaired) electrons. The van der Waals surface area contributed by atoms with E-state index in [0.29, 0.717) is 0 Å². The van der Waals surface area contributed by atoms with Crippen molar-refractivity contribution >= 4 is 23.2 Å². The maximum Gasteiger partial charge on any atom is 0.418 e. The number of carbonyl (C=O) groups is 2. The molecule has 0 aliphatic heterocycles. The standard InChI is InChI=1S/C20H19F6N3O2/c1-2-29(11-17(30)27-15-9-5-3-7-13(15)19(21,22)23)12-18(31)28-16-10-6-4-8-14(16)20(24,25)26/h3-10H,2,11-12H2,1H3,(H,27,30)(H,28,31). The molecule has 0 heterocycles. The number of anilines is 2. The minimum absolute atomic E-state index is 0.155. The van der Waals surface area contributed by atoms with Crippen molar-refractivity contribution < 1.29 is 35.9 Å². The Hall–Kier alpha value is -3.08. The lowest BCUT2D eigenvalue weighted by Gasteiger charge is -2.21. The number of halogens is 6. The van der Waals surface area contributed by atoms with Gasteiger partial charge in [0.05, 0.1) is 35.6 Å². The summed E-state index contributed by atoms with van der Waals surface area (Å²) in [6.45, 7) is 0.880. The molecule has 2 rings (SSSR count). The third-order valence-corrected chi connectivity index (χ3v) is 4.19. The minimum atomic E-state index is -4.67. The predicted molar refractivity (Wildman–Crippen MR) is 102 cm³/mol. The molecule has 0 spiro atoms. The molecule has 5 nitrogen and oxygen atoms in total. The Morgan fingerprint density at radius 3 is 1.42 bits per heavy atom. The lowest BCUT2D eigenvalue weighted by atomic mass is 10.1. The Bertz CT molecular complexity index is 854. The van der Waals surface area contributed by atoms with Gasteiger partial charge in [-0.1, -0.05) is 31.2 Å². The molecule has 168 valence electrons. The third-order valence-electron chi connectivity index (χ3n) is 4.19. The second kappa shape index (κ2) is 9.82. The van der Waals surface area contributed by atoms with Gasteiger partial charge < -0.3 is 10.6 Å². The number of nitrogens with one attached hydrogen (secondary N) is 2.